The molecule has 1 heterocycles. The van der Waals surface area contributed by atoms with Crippen molar-refractivity contribution in [2.24, 2.45) is 0 Å². The lowest BCUT2D eigenvalue weighted by molar-refractivity contribution is 0.102. The quantitative estimate of drug-likeness (QED) is 0.621. The topological polar surface area (TPSA) is 63.2 Å². The molecule has 5 heteroatoms. The number of carbonyl (C=O) groups is 1. The zero-order valence-corrected chi connectivity index (χ0v) is 16.5. The number of carbonyl (C=O) groups excluding carboxylic acids is 1. The van der Waals surface area contributed by atoms with Gasteiger partial charge in [-0.25, -0.2) is 4.98 Å². The van der Waals surface area contributed by atoms with Crippen molar-refractivity contribution >= 4 is 17.4 Å². The van der Waals surface area contributed by atoms with Gasteiger partial charge in [-0.15, -0.1) is 0 Å². The standard InChI is InChI=1S/C23H25N3O2/c1-4-17-10-7-8-16(2)22(17)26-23(27)18-12-13-24-21(14-18)25-15-19-9-5-6-11-20(19)28-3/h5-14H,4,15H2,1-3H3,(H,24,25)(H,26,27). The first-order valence-corrected chi connectivity index (χ1v) is 9.34. The van der Waals surface area contributed by atoms with Gasteiger partial charge in [0.2, 0.25) is 0 Å². The Bertz CT molecular complexity index is 970. The molecule has 28 heavy (non-hydrogen) atoms. The van der Waals surface area contributed by atoms with Gasteiger partial charge in [0.1, 0.15) is 11.6 Å². The molecular weight excluding hydrogens is 350 g/mol. The number of anilines is 2. The van der Waals surface area contributed by atoms with Crippen LogP contribution in [0.5, 0.6) is 5.75 Å². The van der Waals surface area contributed by atoms with Crippen LogP contribution >= 0.6 is 0 Å². The maximum atomic E-state index is 12.8. The van der Waals surface area contributed by atoms with E-state index in [4.69, 9.17) is 4.74 Å². The molecule has 3 aromatic rings. The molecule has 0 bridgehead atoms. The van der Waals surface area contributed by atoms with Gasteiger partial charge in [-0.3, -0.25) is 4.79 Å². The van der Waals surface area contributed by atoms with Crippen LogP contribution in [0.15, 0.2) is 60.8 Å². The normalized spacial score (nSPS) is 10.4. The third-order valence-corrected chi connectivity index (χ3v) is 4.65. The molecule has 1 aromatic heterocycles. The number of benzene rings is 2. The van der Waals surface area contributed by atoms with Crippen molar-refractivity contribution < 1.29 is 9.53 Å². The van der Waals surface area contributed by atoms with Gasteiger partial charge in [0.25, 0.3) is 5.91 Å². The fraction of sp³-hybridized carbons (Fsp3) is 0.217. The summed E-state index contributed by atoms with van der Waals surface area (Å²) in [6.45, 7) is 4.64. The molecule has 0 saturated heterocycles. The van der Waals surface area contributed by atoms with Crippen molar-refractivity contribution in [2.45, 2.75) is 26.8 Å². The van der Waals surface area contributed by atoms with E-state index >= 15 is 0 Å². The summed E-state index contributed by atoms with van der Waals surface area (Å²) in [5.41, 5.74) is 4.64. The summed E-state index contributed by atoms with van der Waals surface area (Å²) in [6, 6.07) is 17.3. The van der Waals surface area contributed by atoms with Crippen molar-refractivity contribution in [3.63, 3.8) is 0 Å². The van der Waals surface area contributed by atoms with Crippen LogP contribution in [0.1, 0.15) is 34.0 Å². The zero-order chi connectivity index (χ0) is 19.9. The summed E-state index contributed by atoms with van der Waals surface area (Å²) in [6.07, 6.45) is 2.50. The fourth-order valence-corrected chi connectivity index (χ4v) is 3.09. The van der Waals surface area contributed by atoms with Gasteiger partial charge in [-0.1, -0.05) is 43.3 Å². The second kappa shape index (κ2) is 9.04. The number of methoxy groups -OCH3 is 1. The minimum absolute atomic E-state index is 0.147. The van der Waals surface area contributed by atoms with Crippen LogP contribution in [0.2, 0.25) is 0 Å². The summed E-state index contributed by atoms with van der Waals surface area (Å²) < 4.78 is 5.37. The average molecular weight is 375 g/mol. The van der Waals surface area contributed by atoms with Crippen molar-refractivity contribution in [3.05, 3.63) is 83.0 Å². The lowest BCUT2D eigenvalue weighted by Gasteiger charge is -2.14. The molecule has 3 rings (SSSR count). The second-order valence-electron chi connectivity index (χ2n) is 6.51. The van der Waals surface area contributed by atoms with E-state index in [1.165, 1.54) is 0 Å². The maximum absolute atomic E-state index is 12.8. The fourth-order valence-electron chi connectivity index (χ4n) is 3.09. The Balaban J connectivity index is 1.73. The van der Waals surface area contributed by atoms with Gasteiger partial charge in [0.05, 0.1) is 7.11 Å². The number of ether oxygens (including phenoxy) is 1. The number of aryl methyl sites for hydroxylation is 2. The van der Waals surface area contributed by atoms with Gasteiger partial charge in [-0.05, 0) is 42.7 Å². The van der Waals surface area contributed by atoms with E-state index in [0.29, 0.717) is 17.9 Å². The molecule has 0 atom stereocenters. The molecule has 0 fully saturated rings. The number of amides is 1. The molecule has 0 aliphatic rings. The van der Waals surface area contributed by atoms with Crippen LogP contribution in [0, 0.1) is 6.92 Å². The molecule has 0 spiro atoms. The predicted molar refractivity (Wildman–Crippen MR) is 113 cm³/mol. The summed E-state index contributed by atoms with van der Waals surface area (Å²) in [5, 5.41) is 6.31. The lowest BCUT2D eigenvalue weighted by atomic mass is 10.1. The smallest absolute Gasteiger partial charge is 0.255 e. The van der Waals surface area contributed by atoms with Crippen molar-refractivity contribution in [1.29, 1.82) is 0 Å². The predicted octanol–water partition coefficient (Wildman–Crippen LogP) is 4.83. The first-order valence-electron chi connectivity index (χ1n) is 9.34. The molecule has 0 radical (unpaired) electrons. The Hall–Kier alpha value is -3.34. The molecule has 2 aromatic carbocycles. The van der Waals surface area contributed by atoms with Crippen LogP contribution in [0.3, 0.4) is 0 Å². The number of aromatic nitrogens is 1. The largest absolute Gasteiger partial charge is 0.496 e. The number of nitrogens with zero attached hydrogens (tertiary/aromatic N) is 1. The van der Waals surface area contributed by atoms with Crippen LogP contribution < -0.4 is 15.4 Å². The minimum Gasteiger partial charge on any atom is -0.496 e. The van der Waals surface area contributed by atoms with E-state index in [0.717, 1.165) is 34.5 Å². The van der Waals surface area contributed by atoms with Crippen LogP contribution in [-0.2, 0) is 13.0 Å². The summed E-state index contributed by atoms with van der Waals surface area (Å²) in [4.78, 5) is 17.1. The Labute approximate surface area is 165 Å². The Morgan fingerprint density at radius 3 is 2.64 bits per heavy atom. The van der Waals surface area contributed by atoms with Gasteiger partial charge in [0.15, 0.2) is 0 Å². The summed E-state index contributed by atoms with van der Waals surface area (Å²) >= 11 is 0. The van der Waals surface area contributed by atoms with E-state index in [1.807, 2.05) is 49.4 Å². The Morgan fingerprint density at radius 1 is 1.07 bits per heavy atom. The number of nitrogens with one attached hydrogen (secondary N) is 2. The number of pyridine rings is 1. The van der Waals surface area contributed by atoms with Gasteiger partial charge in [-0.2, -0.15) is 0 Å². The maximum Gasteiger partial charge on any atom is 0.255 e. The SMILES string of the molecule is CCc1cccc(C)c1NC(=O)c1ccnc(NCc2ccccc2OC)c1. The van der Waals surface area contributed by atoms with Gasteiger partial charge in [0, 0.05) is 29.6 Å². The van der Waals surface area contributed by atoms with E-state index in [2.05, 4.69) is 22.5 Å². The average Bonchev–Trinajstić information content (AvgIpc) is 2.74. The molecule has 0 aliphatic carbocycles. The van der Waals surface area contributed by atoms with Crippen LogP contribution in [-0.4, -0.2) is 18.0 Å². The van der Waals surface area contributed by atoms with Gasteiger partial charge < -0.3 is 15.4 Å². The molecule has 0 unspecified atom stereocenters. The van der Waals surface area contributed by atoms with Gasteiger partial charge >= 0.3 is 0 Å². The van der Waals surface area contributed by atoms with Crippen molar-refractivity contribution in [1.82, 2.24) is 4.98 Å². The highest BCUT2D eigenvalue weighted by atomic mass is 16.5. The highest BCUT2D eigenvalue weighted by Gasteiger charge is 2.12. The second-order valence-corrected chi connectivity index (χ2v) is 6.51. The molecule has 2 N–H and O–H groups in total. The van der Waals surface area contributed by atoms with E-state index in [9.17, 15) is 4.79 Å². The Kier molecular flexibility index (Phi) is 6.27. The number of rotatable bonds is 7. The molecule has 1 amide bonds. The Morgan fingerprint density at radius 2 is 1.86 bits per heavy atom. The number of hydrogen-bond acceptors (Lipinski definition) is 4. The number of hydrogen-bond donors (Lipinski definition) is 2. The van der Waals surface area contributed by atoms with E-state index in [-0.39, 0.29) is 5.91 Å². The minimum atomic E-state index is -0.147. The molecule has 5 nitrogen and oxygen atoms in total. The summed E-state index contributed by atoms with van der Waals surface area (Å²) in [5.74, 6) is 1.31. The van der Waals surface area contributed by atoms with Crippen molar-refractivity contribution in [3.8, 4) is 5.75 Å². The molecule has 0 saturated carbocycles. The third kappa shape index (κ3) is 4.49. The molecule has 0 aliphatic heterocycles. The van der Waals surface area contributed by atoms with E-state index in [1.54, 1.807) is 25.4 Å². The molecular formula is C23H25N3O2. The first kappa shape index (κ1) is 19.4. The third-order valence-electron chi connectivity index (χ3n) is 4.65. The van der Waals surface area contributed by atoms with E-state index < -0.39 is 0 Å². The highest BCUT2D eigenvalue weighted by molar-refractivity contribution is 6.05. The lowest BCUT2D eigenvalue weighted by Crippen LogP contribution is -2.15. The van der Waals surface area contributed by atoms with Crippen molar-refractivity contribution in [2.75, 3.05) is 17.7 Å². The monoisotopic (exact) mass is 375 g/mol. The molecule has 144 valence electrons. The van der Waals surface area contributed by atoms with Crippen LogP contribution in [0.4, 0.5) is 11.5 Å². The highest BCUT2D eigenvalue weighted by Crippen LogP contribution is 2.22. The summed E-state index contributed by atoms with van der Waals surface area (Å²) in [7, 11) is 1.65. The zero-order valence-electron chi connectivity index (χ0n) is 16.5. The first-order chi connectivity index (χ1) is 13.6. The number of para-hydroxylation sites is 2. The van der Waals surface area contributed by atoms with Crippen LogP contribution in [0.25, 0.3) is 0 Å².